The van der Waals surface area contributed by atoms with Crippen LogP contribution >= 0.6 is 0 Å². The van der Waals surface area contributed by atoms with Gasteiger partial charge in [0, 0.05) is 37.3 Å². The highest BCUT2D eigenvalue weighted by molar-refractivity contribution is 7.92. The van der Waals surface area contributed by atoms with Crippen molar-refractivity contribution in [1.29, 1.82) is 0 Å². The number of hydrogen-bond acceptors (Lipinski definition) is 7. The number of rotatable bonds is 7. The molecule has 2 heterocycles. The molecule has 5 rings (SSSR count). The number of pyridine rings is 1. The summed E-state index contributed by atoms with van der Waals surface area (Å²) in [5, 5.41) is 10.4. The summed E-state index contributed by atoms with van der Waals surface area (Å²) in [5.74, 6) is 0.278. The molecule has 0 unspecified atom stereocenters. The minimum absolute atomic E-state index is 0.0642. The molecule has 4 aromatic rings. The number of sulfonamides is 1. The fraction of sp³-hybridized carbons (Fsp3) is 0.241. The lowest BCUT2D eigenvalue weighted by Gasteiger charge is -2.37. The topological polar surface area (TPSA) is 112 Å². The molecule has 0 amide bonds. The Kier molecular flexibility index (Phi) is 7.05. The number of fused-ring (bicyclic) bond motifs is 1. The van der Waals surface area contributed by atoms with Gasteiger partial charge in [0.15, 0.2) is 0 Å². The van der Waals surface area contributed by atoms with Crippen LogP contribution in [-0.4, -0.2) is 57.8 Å². The van der Waals surface area contributed by atoms with Crippen LogP contribution in [-0.2, 0) is 10.0 Å². The van der Waals surface area contributed by atoms with Crippen molar-refractivity contribution in [3.05, 3.63) is 83.4 Å². The predicted molar refractivity (Wildman–Crippen MR) is 153 cm³/mol. The van der Waals surface area contributed by atoms with E-state index in [4.69, 9.17) is 9.72 Å². The number of methoxy groups -OCH3 is 1. The lowest BCUT2D eigenvalue weighted by Crippen LogP contribution is -2.47. The first-order valence-electron chi connectivity index (χ1n) is 12.6. The van der Waals surface area contributed by atoms with Gasteiger partial charge < -0.3 is 19.6 Å². The lowest BCUT2D eigenvalue weighted by atomic mass is 10.1. The zero-order chi connectivity index (χ0) is 27.7. The van der Waals surface area contributed by atoms with E-state index >= 15 is 0 Å². The van der Waals surface area contributed by atoms with E-state index in [0.717, 1.165) is 35.7 Å². The number of hydrogen-bond donors (Lipinski definition) is 2. The average molecular weight is 547 g/mol. The maximum atomic E-state index is 13.0. The van der Waals surface area contributed by atoms with Crippen LogP contribution in [0.5, 0.6) is 5.75 Å². The van der Waals surface area contributed by atoms with E-state index < -0.39 is 16.0 Å². The van der Waals surface area contributed by atoms with Crippen LogP contribution in [0, 0.1) is 13.8 Å². The summed E-state index contributed by atoms with van der Waals surface area (Å²) in [4.78, 5) is 21.4. The number of aryl methyl sites for hydroxylation is 2. The number of nitrogens with zero attached hydrogens (tertiary/aromatic N) is 3. The Morgan fingerprint density at radius 3 is 2.33 bits per heavy atom. The summed E-state index contributed by atoms with van der Waals surface area (Å²) >= 11 is 0. The molecular weight excluding hydrogens is 516 g/mol. The van der Waals surface area contributed by atoms with Crippen LogP contribution in [0.1, 0.15) is 21.5 Å². The van der Waals surface area contributed by atoms with E-state index in [1.54, 1.807) is 43.5 Å². The van der Waals surface area contributed by atoms with Gasteiger partial charge in [-0.15, -0.1) is 0 Å². The third kappa shape index (κ3) is 5.33. The minimum Gasteiger partial charge on any atom is -0.495 e. The number of piperazine rings is 1. The zero-order valence-electron chi connectivity index (χ0n) is 22.0. The van der Waals surface area contributed by atoms with Crippen LogP contribution in [0.3, 0.4) is 0 Å². The van der Waals surface area contributed by atoms with Gasteiger partial charge in [-0.05, 0) is 73.5 Å². The van der Waals surface area contributed by atoms with Crippen molar-refractivity contribution in [2.75, 3.05) is 47.8 Å². The third-order valence-electron chi connectivity index (χ3n) is 7.10. The highest BCUT2D eigenvalue weighted by Gasteiger charge is 2.23. The predicted octanol–water partition coefficient (Wildman–Crippen LogP) is 4.69. The number of anilines is 3. The molecule has 0 saturated carbocycles. The Balaban J connectivity index is 1.40. The quantitative estimate of drug-likeness (QED) is 0.344. The Hall–Kier alpha value is -4.31. The molecule has 0 radical (unpaired) electrons. The molecule has 39 heavy (non-hydrogen) atoms. The van der Waals surface area contributed by atoms with Crippen LogP contribution in [0.2, 0.25) is 0 Å². The minimum atomic E-state index is -3.85. The first-order chi connectivity index (χ1) is 18.7. The lowest BCUT2D eigenvalue weighted by molar-refractivity contribution is 0.0699. The molecule has 1 saturated heterocycles. The van der Waals surface area contributed by atoms with Gasteiger partial charge in [0.1, 0.15) is 11.6 Å². The molecular formula is C29H30N4O5S. The number of para-hydroxylation sites is 2. The molecule has 2 N–H and O–H groups in total. The average Bonchev–Trinajstić information content (AvgIpc) is 2.93. The Bertz CT molecular complexity index is 1660. The highest BCUT2D eigenvalue weighted by atomic mass is 32.2. The van der Waals surface area contributed by atoms with E-state index in [1.807, 2.05) is 38.1 Å². The summed E-state index contributed by atoms with van der Waals surface area (Å²) in [6.07, 6.45) is 0. The van der Waals surface area contributed by atoms with Gasteiger partial charge in [-0.3, -0.25) is 4.72 Å². The number of ether oxygens (including phenoxy) is 1. The number of benzene rings is 3. The zero-order valence-corrected chi connectivity index (χ0v) is 22.8. The molecule has 3 aromatic carbocycles. The van der Waals surface area contributed by atoms with Gasteiger partial charge in [0.05, 0.1) is 28.8 Å². The Labute approximate surface area is 227 Å². The second-order valence-electron chi connectivity index (χ2n) is 9.56. The van der Waals surface area contributed by atoms with E-state index in [0.29, 0.717) is 29.8 Å². The smallest absolute Gasteiger partial charge is 0.336 e. The molecule has 0 spiro atoms. The molecule has 10 heteroatoms. The van der Waals surface area contributed by atoms with Gasteiger partial charge in [0.2, 0.25) is 0 Å². The third-order valence-corrected chi connectivity index (χ3v) is 8.47. The van der Waals surface area contributed by atoms with Gasteiger partial charge in [-0.25, -0.2) is 18.2 Å². The van der Waals surface area contributed by atoms with Crippen LogP contribution in [0.25, 0.3) is 10.9 Å². The molecule has 0 aliphatic carbocycles. The SMILES string of the molecule is COc1ccccc1N1CCN(c2cc(C(=O)O)c3cc(NS(=O)(=O)c4ccc(C)c(C)c4)ccc3n2)CC1. The van der Waals surface area contributed by atoms with E-state index in [-0.39, 0.29) is 16.1 Å². The Morgan fingerprint density at radius 1 is 0.923 bits per heavy atom. The number of nitrogens with one attached hydrogen (secondary N) is 1. The van der Waals surface area contributed by atoms with Crippen LogP contribution in [0.4, 0.5) is 17.2 Å². The highest BCUT2D eigenvalue weighted by Crippen LogP contribution is 2.31. The van der Waals surface area contributed by atoms with Crippen molar-refractivity contribution >= 4 is 44.1 Å². The first kappa shape index (κ1) is 26.3. The number of carboxylic acid groups (broad SMARTS) is 1. The Morgan fingerprint density at radius 2 is 1.64 bits per heavy atom. The van der Waals surface area contributed by atoms with Gasteiger partial charge in [0.25, 0.3) is 10.0 Å². The second kappa shape index (κ2) is 10.5. The van der Waals surface area contributed by atoms with Crippen LogP contribution < -0.4 is 19.3 Å². The maximum Gasteiger partial charge on any atom is 0.336 e. The summed E-state index contributed by atoms with van der Waals surface area (Å²) < 4.78 is 34.0. The van der Waals surface area contributed by atoms with Crippen molar-refractivity contribution in [2.45, 2.75) is 18.7 Å². The van der Waals surface area contributed by atoms with E-state index in [2.05, 4.69) is 14.5 Å². The molecule has 1 aliphatic heterocycles. The number of carboxylic acids is 1. The standard InChI is InChI=1S/C29H30N4O5S/c1-19-8-10-22(16-20(19)2)39(36,37)31-21-9-11-25-23(17-21)24(29(34)35)18-28(30-25)33-14-12-32(13-15-33)26-6-4-5-7-27(26)38-3/h4-11,16-18,31H,12-15H2,1-3H3,(H,34,35). The second-order valence-corrected chi connectivity index (χ2v) is 11.2. The molecule has 1 aromatic heterocycles. The fourth-order valence-electron chi connectivity index (χ4n) is 4.78. The van der Waals surface area contributed by atoms with Crippen molar-refractivity contribution in [3.8, 4) is 5.75 Å². The molecule has 0 atom stereocenters. The van der Waals surface area contributed by atoms with Gasteiger partial charge in [-0.1, -0.05) is 18.2 Å². The largest absolute Gasteiger partial charge is 0.495 e. The van der Waals surface area contributed by atoms with Crippen molar-refractivity contribution in [3.63, 3.8) is 0 Å². The van der Waals surface area contributed by atoms with Gasteiger partial charge in [-0.2, -0.15) is 0 Å². The molecule has 1 fully saturated rings. The normalized spacial score (nSPS) is 13.9. The number of aromatic carboxylic acids is 1. The van der Waals surface area contributed by atoms with Crippen LogP contribution in [0.15, 0.2) is 71.6 Å². The monoisotopic (exact) mass is 546 g/mol. The molecule has 0 bridgehead atoms. The van der Waals surface area contributed by atoms with E-state index in [1.165, 1.54) is 6.07 Å². The van der Waals surface area contributed by atoms with Crippen molar-refractivity contribution < 1.29 is 23.1 Å². The molecule has 202 valence electrons. The number of carbonyl (C=O) groups is 1. The summed E-state index contributed by atoms with van der Waals surface area (Å²) in [6.45, 7) is 6.53. The summed E-state index contributed by atoms with van der Waals surface area (Å²) in [7, 11) is -2.20. The maximum absolute atomic E-state index is 13.0. The summed E-state index contributed by atoms with van der Waals surface area (Å²) in [6, 6.07) is 19.1. The van der Waals surface area contributed by atoms with Gasteiger partial charge >= 0.3 is 5.97 Å². The van der Waals surface area contributed by atoms with Crippen molar-refractivity contribution in [2.24, 2.45) is 0 Å². The van der Waals surface area contributed by atoms with E-state index in [9.17, 15) is 18.3 Å². The summed E-state index contributed by atoms with van der Waals surface area (Å²) in [5.41, 5.74) is 3.69. The molecule has 1 aliphatic rings. The number of aromatic nitrogens is 1. The first-order valence-corrected chi connectivity index (χ1v) is 14.1. The molecule has 9 nitrogen and oxygen atoms in total. The van der Waals surface area contributed by atoms with Crippen molar-refractivity contribution in [1.82, 2.24) is 4.98 Å². The fourth-order valence-corrected chi connectivity index (χ4v) is 5.91.